The molecule has 1 N–H and O–H groups in total. The van der Waals surface area contributed by atoms with Crippen molar-refractivity contribution in [3.63, 3.8) is 0 Å². The van der Waals surface area contributed by atoms with E-state index in [0.717, 1.165) is 17.2 Å². The molecule has 106 valence electrons. The second-order valence-corrected chi connectivity index (χ2v) is 5.80. The zero-order valence-corrected chi connectivity index (χ0v) is 12.6. The van der Waals surface area contributed by atoms with Gasteiger partial charge in [-0.25, -0.2) is 0 Å². The lowest BCUT2D eigenvalue weighted by atomic mass is 10.2. The predicted octanol–water partition coefficient (Wildman–Crippen LogP) is 5.71. The first-order chi connectivity index (χ1) is 10.3. The molecule has 3 aromatic rings. The standard InChI is InChI=1S/C18H17NOS/c1-14(18-8-5-13-21-18)19-15-9-11-17(12-10-15)20-16-6-3-2-4-7-16/h2-14,19H,1H3. The minimum absolute atomic E-state index is 0.311. The number of hydrogen-bond donors (Lipinski definition) is 1. The molecule has 0 aliphatic heterocycles. The summed E-state index contributed by atoms with van der Waals surface area (Å²) in [6.07, 6.45) is 0. The van der Waals surface area contributed by atoms with Gasteiger partial charge in [-0.15, -0.1) is 11.3 Å². The maximum absolute atomic E-state index is 5.78. The van der Waals surface area contributed by atoms with E-state index in [0.29, 0.717) is 6.04 Å². The van der Waals surface area contributed by atoms with Gasteiger partial charge in [0.2, 0.25) is 0 Å². The Kier molecular flexibility index (Phi) is 4.22. The van der Waals surface area contributed by atoms with E-state index in [2.05, 4.69) is 29.8 Å². The van der Waals surface area contributed by atoms with E-state index in [1.165, 1.54) is 4.88 Å². The van der Waals surface area contributed by atoms with Crippen LogP contribution in [0.4, 0.5) is 5.69 Å². The van der Waals surface area contributed by atoms with Crippen molar-refractivity contribution < 1.29 is 4.74 Å². The molecule has 1 atom stereocenters. The summed E-state index contributed by atoms with van der Waals surface area (Å²) in [6, 6.07) is 22.4. The van der Waals surface area contributed by atoms with Crippen molar-refractivity contribution in [2.24, 2.45) is 0 Å². The summed E-state index contributed by atoms with van der Waals surface area (Å²) in [6.45, 7) is 2.17. The Hall–Kier alpha value is -2.26. The quantitative estimate of drug-likeness (QED) is 0.650. The molecule has 0 bridgehead atoms. The van der Waals surface area contributed by atoms with Gasteiger partial charge in [0.25, 0.3) is 0 Å². The van der Waals surface area contributed by atoms with E-state index < -0.39 is 0 Å². The third-order valence-electron chi connectivity index (χ3n) is 3.19. The van der Waals surface area contributed by atoms with E-state index in [4.69, 9.17) is 4.74 Å². The monoisotopic (exact) mass is 295 g/mol. The van der Waals surface area contributed by atoms with Crippen LogP contribution in [0.3, 0.4) is 0 Å². The molecule has 21 heavy (non-hydrogen) atoms. The van der Waals surface area contributed by atoms with Gasteiger partial charge in [-0.1, -0.05) is 24.3 Å². The molecule has 0 aliphatic rings. The Morgan fingerprint density at radius 3 is 2.24 bits per heavy atom. The van der Waals surface area contributed by atoms with Crippen molar-refractivity contribution in [2.45, 2.75) is 13.0 Å². The molecule has 0 radical (unpaired) electrons. The minimum atomic E-state index is 0.311. The maximum atomic E-state index is 5.78. The number of rotatable bonds is 5. The van der Waals surface area contributed by atoms with Crippen LogP contribution in [0.2, 0.25) is 0 Å². The summed E-state index contributed by atoms with van der Waals surface area (Å²) in [5.41, 5.74) is 1.09. The van der Waals surface area contributed by atoms with Crippen LogP contribution in [-0.2, 0) is 0 Å². The van der Waals surface area contributed by atoms with Gasteiger partial charge < -0.3 is 10.1 Å². The number of para-hydroxylation sites is 1. The third-order valence-corrected chi connectivity index (χ3v) is 4.24. The lowest BCUT2D eigenvalue weighted by molar-refractivity contribution is 0.483. The summed E-state index contributed by atoms with van der Waals surface area (Å²) < 4.78 is 5.78. The number of anilines is 1. The maximum Gasteiger partial charge on any atom is 0.127 e. The Morgan fingerprint density at radius 1 is 0.857 bits per heavy atom. The highest BCUT2D eigenvalue weighted by molar-refractivity contribution is 7.10. The van der Waals surface area contributed by atoms with E-state index in [9.17, 15) is 0 Å². The number of thiophene rings is 1. The van der Waals surface area contributed by atoms with E-state index in [1.54, 1.807) is 11.3 Å². The van der Waals surface area contributed by atoms with Crippen LogP contribution in [-0.4, -0.2) is 0 Å². The first kappa shape index (κ1) is 13.7. The molecule has 0 saturated heterocycles. The van der Waals surface area contributed by atoms with Gasteiger partial charge in [0.05, 0.1) is 6.04 Å². The van der Waals surface area contributed by atoms with Crippen LogP contribution in [0.1, 0.15) is 17.8 Å². The van der Waals surface area contributed by atoms with Crippen LogP contribution in [0.25, 0.3) is 0 Å². The highest BCUT2D eigenvalue weighted by atomic mass is 32.1. The Bertz CT molecular complexity index is 662. The van der Waals surface area contributed by atoms with Crippen LogP contribution in [0.5, 0.6) is 11.5 Å². The highest BCUT2D eigenvalue weighted by Gasteiger charge is 2.06. The van der Waals surface area contributed by atoms with Crippen LogP contribution in [0.15, 0.2) is 72.1 Å². The average molecular weight is 295 g/mol. The van der Waals surface area contributed by atoms with Crippen LogP contribution >= 0.6 is 11.3 Å². The minimum Gasteiger partial charge on any atom is -0.457 e. The SMILES string of the molecule is CC(Nc1ccc(Oc2ccccc2)cc1)c1cccs1. The normalized spacial score (nSPS) is 11.9. The van der Waals surface area contributed by atoms with Gasteiger partial charge in [-0.05, 0) is 54.8 Å². The molecule has 1 heterocycles. The van der Waals surface area contributed by atoms with Crippen LogP contribution < -0.4 is 10.1 Å². The van der Waals surface area contributed by atoms with E-state index in [-0.39, 0.29) is 0 Å². The molecule has 0 fully saturated rings. The van der Waals surface area contributed by atoms with E-state index >= 15 is 0 Å². The first-order valence-electron chi connectivity index (χ1n) is 6.94. The van der Waals surface area contributed by atoms with Gasteiger partial charge in [0, 0.05) is 10.6 Å². The summed E-state index contributed by atoms with van der Waals surface area (Å²) in [4.78, 5) is 1.33. The van der Waals surface area contributed by atoms with Crippen molar-refractivity contribution in [1.82, 2.24) is 0 Å². The number of hydrogen-bond acceptors (Lipinski definition) is 3. The lowest BCUT2D eigenvalue weighted by Gasteiger charge is -2.14. The summed E-state index contributed by atoms with van der Waals surface area (Å²) in [5, 5.41) is 5.59. The van der Waals surface area contributed by atoms with Crippen molar-refractivity contribution in [3.8, 4) is 11.5 Å². The molecule has 0 amide bonds. The Morgan fingerprint density at radius 2 is 1.57 bits per heavy atom. The van der Waals surface area contributed by atoms with Crippen molar-refractivity contribution in [3.05, 3.63) is 77.0 Å². The van der Waals surface area contributed by atoms with Crippen molar-refractivity contribution >= 4 is 17.0 Å². The van der Waals surface area contributed by atoms with Crippen molar-refractivity contribution in [2.75, 3.05) is 5.32 Å². The molecular formula is C18H17NOS. The van der Waals surface area contributed by atoms with Gasteiger partial charge >= 0.3 is 0 Å². The molecule has 1 aromatic heterocycles. The molecule has 0 aliphatic carbocycles. The molecule has 3 heteroatoms. The zero-order valence-electron chi connectivity index (χ0n) is 11.8. The second kappa shape index (κ2) is 6.46. The smallest absolute Gasteiger partial charge is 0.127 e. The molecule has 0 saturated carbocycles. The molecule has 3 rings (SSSR count). The van der Waals surface area contributed by atoms with E-state index in [1.807, 2.05) is 54.6 Å². The largest absolute Gasteiger partial charge is 0.457 e. The zero-order chi connectivity index (χ0) is 14.5. The average Bonchev–Trinajstić information content (AvgIpc) is 3.05. The van der Waals surface area contributed by atoms with Crippen LogP contribution in [0, 0.1) is 0 Å². The highest BCUT2D eigenvalue weighted by Crippen LogP contribution is 2.26. The molecule has 2 aromatic carbocycles. The Balaban J connectivity index is 1.64. The van der Waals surface area contributed by atoms with Crippen molar-refractivity contribution in [1.29, 1.82) is 0 Å². The topological polar surface area (TPSA) is 21.3 Å². The fourth-order valence-electron chi connectivity index (χ4n) is 2.10. The lowest BCUT2D eigenvalue weighted by Crippen LogP contribution is -2.04. The molecular weight excluding hydrogens is 278 g/mol. The van der Waals surface area contributed by atoms with Gasteiger partial charge in [0.15, 0.2) is 0 Å². The summed E-state index contributed by atoms with van der Waals surface area (Å²) in [7, 11) is 0. The van der Waals surface area contributed by atoms with Gasteiger partial charge in [-0.2, -0.15) is 0 Å². The second-order valence-electron chi connectivity index (χ2n) is 4.82. The fraction of sp³-hybridized carbons (Fsp3) is 0.111. The first-order valence-corrected chi connectivity index (χ1v) is 7.82. The molecule has 1 unspecified atom stereocenters. The fourth-order valence-corrected chi connectivity index (χ4v) is 2.84. The van der Waals surface area contributed by atoms with Gasteiger partial charge in [-0.3, -0.25) is 0 Å². The molecule has 0 spiro atoms. The third kappa shape index (κ3) is 3.64. The van der Waals surface area contributed by atoms with Gasteiger partial charge in [0.1, 0.15) is 11.5 Å². The predicted molar refractivity (Wildman–Crippen MR) is 89.3 cm³/mol. The number of benzene rings is 2. The number of nitrogens with one attached hydrogen (secondary N) is 1. The molecule has 2 nitrogen and oxygen atoms in total. The summed E-state index contributed by atoms with van der Waals surface area (Å²) >= 11 is 1.77. The summed E-state index contributed by atoms with van der Waals surface area (Å²) in [5.74, 6) is 1.70. The number of ether oxygens (including phenoxy) is 1. The Labute approximate surface area is 129 Å².